The van der Waals surface area contributed by atoms with Crippen molar-refractivity contribution in [3.8, 4) is 0 Å². The third-order valence-corrected chi connectivity index (χ3v) is 2.32. The zero-order valence-electron chi connectivity index (χ0n) is 7.81. The van der Waals surface area contributed by atoms with Gasteiger partial charge in [0, 0.05) is 16.1 Å². The minimum Gasteiger partial charge on any atom is -0.370 e. The quantitative estimate of drug-likeness (QED) is 0.610. The van der Waals surface area contributed by atoms with Crippen LogP contribution in [0.15, 0.2) is 39.9 Å². The van der Waals surface area contributed by atoms with E-state index in [-0.39, 0.29) is 5.96 Å². The largest absolute Gasteiger partial charge is 0.370 e. The second-order valence-electron chi connectivity index (χ2n) is 3.07. The fourth-order valence-corrected chi connectivity index (χ4v) is 1.66. The van der Waals surface area contributed by atoms with E-state index in [2.05, 4.69) is 25.9 Å². The Labute approximate surface area is 95.1 Å². The molecule has 1 heterocycles. The summed E-state index contributed by atoms with van der Waals surface area (Å²) in [4.78, 5) is 8.21. The van der Waals surface area contributed by atoms with Gasteiger partial charge in [0.25, 0.3) is 0 Å². The van der Waals surface area contributed by atoms with E-state index in [1.807, 2.05) is 24.3 Å². The average molecular weight is 265 g/mol. The van der Waals surface area contributed by atoms with E-state index in [0.717, 1.165) is 21.1 Å². The molecule has 0 saturated carbocycles. The van der Waals surface area contributed by atoms with Crippen LogP contribution in [0.4, 0.5) is 5.69 Å². The van der Waals surface area contributed by atoms with Gasteiger partial charge < -0.3 is 11.5 Å². The molecule has 2 aromatic rings. The number of nitrogens with zero attached hydrogens (tertiary/aromatic N) is 2. The molecule has 0 saturated heterocycles. The molecule has 0 spiro atoms. The standard InChI is InChI=1S/C10H9BrN4/c11-7-3-6-4-8(15-10(12)13)1-2-9(6)14-5-7/h1-5H,(H4,12,13,15). The summed E-state index contributed by atoms with van der Waals surface area (Å²) < 4.78 is 0.928. The van der Waals surface area contributed by atoms with Crippen molar-refractivity contribution in [1.82, 2.24) is 4.98 Å². The minimum absolute atomic E-state index is 0.0531. The fourth-order valence-electron chi connectivity index (χ4n) is 1.31. The lowest BCUT2D eigenvalue weighted by molar-refractivity contribution is 1.38. The maximum Gasteiger partial charge on any atom is 0.191 e. The molecule has 1 aromatic heterocycles. The van der Waals surface area contributed by atoms with Crippen molar-refractivity contribution in [2.45, 2.75) is 0 Å². The highest BCUT2D eigenvalue weighted by Crippen LogP contribution is 2.22. The molecule has 0 atom stereocenters. The highest BCUT2D eigenvalue weighted by molar-refractivity contribution is 9.10. The molecule has 5 heteroatoms. The summed E-state index contributed by atoms with van der Waals surface area (Å²) in [6.07, 6.45) is 1.75. The molecule has 4 N–H and O–H groups in total. The van der Waals surface area contributed by atoms with Gasteiger partial charge in [0.2, 0.25) is 0 Å². The lowest BCUT2D eigenvalue weighted by Crippen LogP contribution is -2.21. The molecule has 0 radical (unpaired) electrons. The number of guanidine groups is 1. The van der Waals surface area contributed by atoms with Crippen molar-refractivity contribution in [2.75, 3.05) is 0 Å². The first kappa shape index (κ1) is 9.92. The predicted octanol–water partition coefficient (Wildman–Crippen LogP) is 1.90. The van der Waals surface area contributed by atoms with Crippen LogP contribution in [0, 0.1) is 0 Å². The lowest BCUT2D eigenvalue weighted by atomic mass is 10.2. The highest BCUT2D eigenvalue weighted by atomic mass is 79.9. The topological polar surface area (TPSA) is 77.3 Å². The Morgan fingerprint density at radius 2 is 2.07 bits per heavy atom. The van der Waals surface area contributed by atoms with Crippen molar-refractivity contribution >= 4 is 38.5 Å². The van der Waals surface area contributed by atoms with Gasteiger partial charge in [0.15, 0.2) is 5.96 Å². The van der Waals surface area contributed by atoms with Crippen LogP contribution in [0.25, 0.3) is 10.9 Å². The van der Waals surface area contributed by atoms with Crippen LogP contribution in [-0.2, 0) is 0 Å². The fraction of sp³-hybridized carbons (Fsp3) is 0. The summed E-state index contributed by atoms with van der Waals surface area (Å²) in [6.45, 7) is 0. The monoisotopic (exact) mass is 264 g/mol. The Bertz CT molecular complexity index is 532. The number of rotatable bonds is 1. The summed E-state index contributed by atoms with van der Waals surface area (Å²) in [5.74, 6) is 0.0531. The van der Waals surface area contributed by atoms with E-state index in [1.165, 1.54) is 0 Å². The number of pyridine rings is 1. The Morgan fingerprint density at radius 1 is 1.27 bits per heavy atom. The number of hydrogen-bond donors (Lipinski definition) is 2. The van der Waals surface area contributed by atoms with Crippen LogP contribution >= 0.6 is 15.9 Å². The van der Waals surface area contributed by atoms with Gasteiger partial charge in [-0.25, -0.2) is 4.99 Å². The van der Waals surface area contributed by atoms with E-state index in [0.29, 0.717) is 0 Å². The van der Waals surface area contributed by atoms with Crippen molar-refractivity contribution in [2.24, 2.45) is 16.5 Å². The molecule has 4 nitrogen and oxygen atoms in total. The van der Waals surface area contributed by atoms with E-state index in [1.54, 1.807) is 6.20 Å². The molecule has 0 bridgehead atoms. The molecule has 76 valence electrons. The first-order chi connectivity index (χ1) is 7.15. The van der Waals surface area contributed by atoms with Crippen LogP contribution in [0.5, 0.6) is 0 Å². The Hall–Kier alpha value is -1.62. The molecule has 0 aliphatic heterocycles. The third kappa shape index (κ3) is 2.24. The molecule has 0 unspecified atom stereocenters. The number of aliphatic imine (C=N–C) groups is 1. The molecule has 0 aliphatic rings. The van der Waals surface area contributed by atoms with E-state index in [4.69, 9.17) is 11.5 Å². The zero-order valence-corrected chi connectivity index (χ0v) is 9.40. The van der Waals surface area contributed by atoms with Crippen molar-refractivity contribution in [3.05, 3.63) is 34.9 Å². The number of benzene rings is 1. The van der Waals surface area contributed by atoms with Gasteiger partial charge in [0.05, 0.1) is 11.2 Å². The number of nitrogens with two attached hydrogens (primary N) is 2. The highest BCUT2D eigenvalue weighted by Gasteiger charge is 1.97. The SMILES string of the molecule is NC(N)=Nc1ccc2ncc(Br)cc2c1. The van der Waals surface area contributed by atoms with Gasteiger partial charge in [0.1, 0.15) is 0 Å². The van der Waals surface area contributed by atoms with Gasteiger partial charge in [-0.3, -0.25) is 4.98 Å². The first-order valence-electron chi connectivity index (χ1n) is 4.30. The number of fused-ring (bicyclic) bond motifs is 1. The summed E-state index contributed by atoms with van der Waals surface area (Å²) in [7, 11) is 0. The molecular weight excluding hydrogens is 256 g/mol. The summed E-state index contributed by atoms with van der Waals surface area (Å²) >= 11 is 3.36. The maximum absolute atomic E-state index is 5.30. The van der Waals surface area contributed by atoms with Crippen molar-refractivity contribution < 1.29 is 0 Å². The maximum atomic E-state index is 5.30. The van der Waals surface area contributed by atoms with Crippen LogP contribution in [0.3, 0.4) is 0 Å². The lowest BCUT2D eigenvalue weighted by Gasteiger charge is -1.99. The summed E-state index contributed by atoms with van der Waals surface area (Å²) in [5.41, 5.74) is 12.2. The van der Waals surface area contributed by atoms with Crippen molar-refractivity contribution in [3.63, 3.8) is 0 Å². The second kappa shape index (κ2) is 3.86. The van der Waals surface area contributed by atoms with Gasteiger partial charge >= 0.3 is 0 Å². The molecule has 2 rings (SSSR count). The van der Waals surface area contributed by atoms with E-state index < -0.39 is 0 Å². The Morgan fingerprint density at radius 3 is 2.80 bits per heavy atom. The molecule has 15 heavy (non-hydrogen) atoms. The van der Waals surface area contributed by atoms with E-state index in [9.17, 15) is 0 Å². The van der Waals surface area contributed by atoms with Gasteiger partial charge in [-0.2, -0.15) is 0 Å². The second-order valence-corrected chi connectivity index (χ2v) is 3.98. The summed E-state index contributed by atoms with van der Waals surface area (Å²) in [5, 5.41) is 0.992. The van der Waals surface area contributed by atoms with Crippen LogP contribution in [-0.4, -0.2) is 10.9 Å². The molecule has 0 aliphatic carbocycles. The first-order valence-corrected chi connectivity index (χ1v) is 5.09. The Kier molecular flexibility index (Phi) is 2.55. The predicted molar refractivity (Wildman–Crippen MR) is 64.9 cm³/mol. The third-order valence-electron chi connectivity index (χ3n) is 1.89. The summed E-state index contributed by atoms with van der Waals surface area (Å²) in [6, 6.07) is 7.55. The normalized spacial score (nSPS) is 10.2. The molecule has 1 aromatic carbocycles. The average Bonchev–Trinajstić information content (AvgIpc) is 2.16. The molecular formula is C10H9BrN4. The smallest absolute Gasteiger partial charge is 0.191 e. The number of aromatic nitrogens is 1. The number of halogens is 1. The molecule has 0 fully saturated rings. The van der Waals surface area contributed by atoms with Gasteiger partial charge in [-0.1, -0.05) is 0 Å². The minimum atomic E-state index is 0.0531. The Balaban J connectivity index is 2.59. The van der Waals surface area contributed by atoms with Crippen LogP contribution in [0.2, 0.25) is 0 Å². The number of hydrogen-bond acceptors (Lipinski definition) is 2. The van der Waals surface area contributed by atoms with Gasteiger partial charge in [-0.05, 0) is 40.2 Å². The zero-order chi connectivity index (χ0) is 10.8. The van der Waals surface area contributed by atoms with E-state index >= 15 is 0 Å². The van der Waals surface area contributed by atoms with Gasteiger partial charge in [-0.15, -0.1) is 0 Å². The van der Waals surface area contributed by atoms with Crippen molar-refractivity contribution in [1.29, 1.82) is 0 Å². The molecule has 0 amide bonds. The van der Waals surface area contributed by atoms with Crippen LogP contribution in [0.1, 0.15) is 0 Å². The van der Waals surface area contributed by atoms with Crippen LogP contribution < -0.4 is 11.5 Å².